The molecule has 0 spiro atoms. The number of H-pyrrole nitrogens is 1. The summed E-state index contributed by atoms with van der Waals surface area (Å²) in [7, 11) is 0. The summed E-state index contributed by atoms with van der Waals surface area (Å²) in [6.45, 7) is 2.05. The van der Waals surface area contributed by atoms with Gasteiger partial charge in [-0.1, -0.05) is 29.8 Å². The quantitative estimate of drug-likeness (QED) is 0.686. The minimum atomic E-state index is 0.621. The number of para-hydroxylation sites is 1. The molecule has 0 aliphatic carbocycles. The lowest BCUT2D eigenvalue weighted by molar-refractivity contribution is 0.313. The van der Waals surface area contributed by atoms with Crippen molar-refractivity contribution in [1.82, 2.24) is 15.3 Å². The van der Waals surface area contributed by atoms with Gasteiger partial charge in [0.25, 0.3) is 0 Å². The molecule has 0 saturated carbocycles. The first kappa shape index (κ1) is 13.9. The summed E-state index contributed by atoms with van der Waals surface area (Å²) in [6.07, 6.45) is 0. The van der Waals surface area contributed by atoms with Crippen molar-refractivity contribution in [2.45, 2.75) is 6.54 Å². The molecule has 0 aliphatic heterocycles. The van der Waals surface area contributed by atoms with E-state index in [2.05, 4.69) is 15.3 Å². The SMILES string of the molecule is Clc1ccc2nc(CNCCOc3ccccc3)[nH]c2c1. The Balaban J connectivity index is 1.46. The first-order valence-electron chi connectivity index (χ1n) is 6.84. The molecule has 0 amide bonds. The number of aromatic nitrogens is 2. The molecule has 2 N–H and O–H groups in total. The van der Waals surface area contributed by atoms with E-state index in [1.54, 1.807) is 0 Å². The molecule has 0 fully saturated rings. The van der Waals surface area contributed by atoms with Crippen LogP contribution in [0.5, 0.6) is 5.75 Å². The number of nitrogens with one attached hydrogen (secondary N) is 2. The van der Waals surface area contributed by atoms with Gasteiger partial charge in [0.2, 0.25) is 0 Å². The van der Waals surface area contributed by atoms with Crippen LogP contribution in [0, 0.1) is 0 Å². The van der Waals surface area contributed by atoms with Crippen molar-refractivity contribution < 1.29 is 4.74 Å². The van der Waals surface area contributed by atoms with Crippen molar-refractivity contribution in [2.24, 2.45) is 0 Å². The molecule has 3 aromatic rings. The van der Waals surface area contributed by atoms with Gasteiger partial charge in [-0.3, -0.25) is 0 Å². The van der Waals surface area contributed by atoms with Crippen LogP contribution in [0.4, 0.5) is 0 Å². The highest BCUT2D eigenvalue weighted by molar-refractivity contribution is 6.31. The van der Waals surface area contributed by atoms with Crippen LogP contribution in [0.1, 0.15) is 5.82 Å². The molecule has 0 bridgehead atoms. The summed E-state index contributed by atoms with van der Waals surface area (Å²) < 4.78 is 5.61. The van der Waals surface area contributed by atoms with Gasteiger partial charge in [-0.2, -0.15) is 0 Å². The van der Waals surface area contributed by atoms with E-state index in [0.717, 1.165) is 29.2 Å². The topological polar surface area (TPSA) is 49.9 Å². The molecule has 1 heterocycles. The van der Waals surface area contributed by atoms with E-state index in [-0.39, 0.29) is 0 Å². The van der Waals surface area contributed by atoms with E-state index in [1.807, 2.05) is 48.5 Å². The maximum atomic E-state index is 5.95. The van der Waals surface area contributed by atoms with Crippen molar-refractivity contribution in [3.8, 4) is 5.75 Å². The summed E-state index contributed by atoms with van der Waals surface area (Å²) in [4.78, 5) is 7.74. The lowest BCUT2D eigenvalue weighted by Gasteiger charge is -2.06. The highest BCUT2D eigenvalue weighted by Crippen LogP contribution is 2.17. The third-order valence-corrected chi connectivity index (χ3v) is 3.31. The Morgan fingerprint density at radius 2 is 2.00 bits per heavy atom. The largest absolute Gasteiger partial charge is 0.492 e. The summed E-state index contributed by atoms with van der Waals surface area (Å²) in [5.74, 6) is 1.78. The Hall–Kier alpha value is -2.04. The van der Waals surface area contributed by atoms with Gasteiger partial charge >= 0.3 is 0 Å². The highest BCUT2D eigenvalue weighted by Gasteiger charge is 2.02. The number of imidazole rings is 1. The van der Waals surface area contributed by atoms with Gasteiger partial charge < -0.3 is 15.0 Å². The molecule has 4 nitrogen and oxygen atoms in total. The lowest BCUT2D eigenvalue weighted by atomic mass is 10.3. The van der Waals surface area contributed by atoms with Crippen LogP contribution < -0.4 is 10.1 Å². The summed E-state index contributed by atoms with van der Waals surface area (Å²) in [5, 5.41) is 4.01. The molecular formula is C16H16ClN3O. The Labute approximate surface area is 128 Å². The number of rotatable bonds is 6. The molecule has 1 aromatic heterocycles. The maximum Gasteiger partial charge on any atom is 0.121 e. The van der Waals surface area contributed by atoms with Gasteiger partial charge in [0.15, 0.2) is 0 Å². The van der Waals surface area contributed by atoms with E-state index in [0.29, 0.717) is 18.2 Å². The molecule has 3 rings (SSSR count). The van der Waals surface area contributed by atoms with Crippen LogP contribution in [0.3, 0.4) is 0 Å². The first-order chi connectivity index (χ1) is 10.3. The number of ether oxygens (including phenoxy) is 1. The molecular weight excluding hydrogens is 286 g/mol. The number of hydrogen-bond donors (Lipinski definition) is 2. The highest BCUT2D eigenvalue weighted by atomic mass is 35.5. The van der Waals surface area contributed by atoms with Crippen molar-refractivity contribution in [3.63, 3.8) is 0 Å². The Morgan fingerprint density at radius 1 is 1.14 bits per heavy atom. The zero-order valence-electron chi connectivity index (χ0n) is 11.5. The van der Waals surface area contributed by atoms with Crippen molar-refractivity contribution >= 4 is 22.6 Å². The van der Waals surface area contributed by atoms with E-state index in [1.165, 1.54) is 0 Å². The Kier molecular flexibility index (Phi) is 4.38. The summed E-state index contributed by atoms with van der Waals surface area (Å²) in [6, 6.07) is 15.4. The average Bonchev–Trinajstić information content (AvgIpc) is 2.90. The Morgan fingerprint density at radius 3 is 2.86 bits per heavy atom. The van der Waals surface area contributed by atoms with Gasteiger partial charge in [0, 0.05) is 11.6 Å². The smallest absolute Gasteiger partial charge is 0.121 e. The molecule has 21 heavy (non-hydrogen) atoms. The normalized spacial score (nSPS) is 10.9. The average molecular weight is 302 g/mol. The van der Waals surface area contributed by atoms with Crippen molar-refractivity contribution in [2.75, 3.05) is 13.2 Å². The van der Waals surface area contributed by atoms with Crippen molar-refractivity contribution in [3.05, 3.63) is 59.4 Å². The molecule has 0 radical (unpaired) electrons. The van der Waals surface area contributed by atoms with E-state index >= 15 is 0 Å². The second-order valence-corrected chi connectivity index (χ2v) is 5.12. The number of fused-ring (bicyclic) bond motifs is 1. The number of nitrogens with zero attached hydrogens (tertiary/aromatic N) is 1. The molecule has 0 unspecified atom stereocenters. The van der Waals surface area contributed by atoms with E-state index < -0.39 is 0 Å². The third-order valence-electron chi connectivity index (χ3n) is 3.08. The second kappa shape index (κ2) is 6.61. The predicted octanol–water partition coefficient (Wildman–Crippen LogP) is 3.38. The monoisotopic (exact) mass is 301 g/mol. The minimum Gasteiger partial charge on any atom is -0.492 e. The summed E-state index contributed by atoms with van der Waals surface area (Å²) in [5.41, 5.74) is 1.89. The van der Waals surface area contributed by atoms with Gasteiger partial charge in [-0.05, 0) is 30.3 Å². The van der Waals surface area contributed by atoms with Crippen LogP contribution in [0.25, 0.3) is 11.0 Å². The number of hydrogen-bond acceptors (Lipinski definition) is 3. The molecule has 5 heteroatoms. The van der Waals surface area contributed by atoms with Gasteiger partial charge in [-0.25, -0.2) is 4.98 Å². The lowest BCUT2D eigenvalue weighted by Crippen LogP contribution is -2.21. The van der Waals surface area contributed by atoms with Gasteiger partial charge in [0.05, 0.1) is 17.6 Å². The number of halogens is 1. The van der Waals surface area contributed by atoms with Crippen LogP contribution in [-0.4, -0.2) is 23.1 Å². The fraction of sp³-hybridized carbons (Fsp3) is 0.188. The predicted molar refractivity (Wildman–Crippen MR) is 84.7 cm³/mol. The minimum absolute atomic E-state index is 0.621. The van der Waals surface area contributed by atoms with Crippen molar-refractivity contribution in [1.29, 1.82) is 0 Å². The molecule has 0 saturated heterocycles. The molecule has 0 atom stereocenters. The first-order valence-corrected chi connectivity index (χ1v) is 7.22. The standard InChI is InChI=1S/C16H16ClN3O/c17-12-6-7-14-15(10-12)20-16(19-14)11-18-8-9-21-13-4-2-1-3-5-13/h1-7,10,18H,8-9,11H2,(H,19,20). The molecule has 2 aromatic carbocycles. The maximum absolute atomic E-state index is 5.95. The zero-order chi connectivity index (χ0) is 14.5. The fourth-order valence-corrected chi connectivity index (χ4v) is 2.26. The van der Waals surface area contributed by atoms with Gasteiger partial charge in [-0.15, -0.1) is 0 Å². The van der Waals surface area contributed by atoms with Crippen LogP contribution in [0.15, 0.2) is 48.5 Å². The van der Waals surface area contributed by atoms with E-state index in [4.69, 9.17) is 16.3 Å². The number of aromatic amines is 1. The van der Waals surface area contributed by atoms with Crippen LogP contribution in [0.2, 0.25) is 5.02 Å². The Bertz CT molecular complexity index is 712. The van der Waals surface area contributed by atoms with Crippen LogP contribution >= 0.6 is 11.6 Å². The molecule has 0 aliphatic rings. The third kappa shape index (κ3) is 3.74. The fourth-order valence-electron chi connectivity index (χ4n) is 2.08. The van der Waals surface area contributed by atoms with E-state index in [9.17, 15) is 0 Å². The summed E-state index contributed by atoms with van der Waals surface area (Å²) >= 11 is 5.95. The second-order valence-electron chi connectivity index (χ2n) is 4.68. The number of benzene rings is 2. The van der Waals surface area contributed by atoms with Crippen LogP contribution in [-0.2, 0) is 6.54 Å². The zero-order valence-corrected chi connectivity index (χ0v) is 12.2. The van der Waals surface area contributed by atoms with Gasteiger partial charge in [0.1, 0.15) is 18.2 Å². The molecule has 108 valence electrons.